The summed E-state index contributed by atoms with van der Waals surface area (Å²) in [7, 11) is 0. The van der Waals surface area contributed by atoms with Crippen molar-refractivity contribution in [3.05, 3.63) is 24.0 Å². The average Bonchev–Trinajstić information content (AvgIpc) is 2.47. The molecule has 1 fully saturated rings. The highest BCUT2D eigenvalue weighted by atomic mass is 35.5. The van der Waals surface area contributed by atoms with E-state index < -0.39 is 5.54 Å². The number of rotatable bonds is 5. The van der Waals surface area contributed by atoms with Crippen LogP contribution in [0.4, 0.5) is 15.8 Å². The van der Waals surface area contributed by atoms with Crippen molar-refractivity contribution in [2.24, 2.45) is 5.73 Å². The van der Waals surface area contributed by atoms with Gasteiger partial charge in [-0.1, -0.05) is 13.3 Å². The Morgan fingerprint density at radius 1 is 1.39 bits per heavy atom. The lowest BCUT2D eigenvalue weighted by molar-refractivity contribution is -0.120. The maximum atomic E-state index is 13.8. The Morgan fingerprint density at radius 3 is 2.65 bits per heavy atom. The molecule has 7 heteroatoms. The van der Waals surface area contributed by atoms with E-state index in [2.05, 4.69) is 5.32 Å². The van der Waals surface area contributed by atoms with Crippen molar-refractivity contribution in [2.45, 2.75) is 32.2 Å². The predicted molar refractivity (Wildman–Crippen MR) is 92.8 cm³/mol. The highest BCUT2D eigenvalue weighted by Crippen LogP contribution is 2.24. The van der Waals surface area contributed by atoms with Crippen molar-refractivity contribution in [1.29, 1.82) is 0 Å². The summed E-state index contributed by atoms with van der Waals surface area (Å²) in [5.41, 5.74) is 6.22. The van der Waals surface area contributed by atoms with Gasteiger partial charge in [0, 0.05) is 24.5 Å². The molecular weight excluding hydrogens is 321 g/mol. The zero-order chi connectivity index (χ0) is 16.2. The molecule has 0 aliphatic carbocycles. The van der Waals surface area contributed by atoms with Crippen LogP contribution in [-0.4, -0.2) is 37.7 Å². The highest BCUT2D eigenvalue weighted by molar-refractivity contribution is 5.98. The quantitative estimate of drug-likeness (QED) is 0.860. The molecule has 0 spiro atoms. The van der Waals surface area contributed by atoms with E-state index in [1.165, 1.54) is 12.1 Å². The van der Waals surface area contributed by atoms with Crippen LogP contribution in [0.3, 0.4) is 0 Å². The maximum Gasteiger partial charge on any atom is 0.244 e. The smallest absolute Gasteiger partial charge is 0.244 e. The summed E-state index contributed by atoms with van der Waals surface area (Å²) in [5.74, 6) is -0.679. The van der Waals surface area contributed by atoms with Crippen LogP contribution in [0.2, 0.25) is 0 Å². The van der Waals surface area contributed by atoms with Crippen molar-refractivity contribution in [3.8, 4) is 0 Å². The number of hydrogen-bond acceptors (Lipinski definition) is 4. The van der Waals surface area contributed by atoms with Gasteiger partial charge in [0.05, 0.1) is 18.8 Å². The monoisotopic (exact) mass is 345 g/mol. The molecule has 1 heterocycles. The molecule has 0 aromatic heterocycles. The second-order valence-corrected chi connectivity index (χ2v) is 5.92. The van der Waals surface area contributed by atoms with E-state index >= 15 is 0 Å². The van der Waals surface area contributed by atoms with Crippen LogP contribution in [0.25, 0.3) is 0 Å². The lowest BCUT2D eigenvalue weighted by Crippen LogP contribution is -2.48. The van der Waals surface area contributed by atoms with Gasteiger partial charge in [0.1, 0.15) is 5.82 Å². The fourth-order valence-corrected chi connectivity index (χ4v) is 2.56. The third kappa shape index (κ3) is 5.34. The van der Waals surface area contributed by atoms with Gasteiger partial charge in [0.2, 0.25) is 5.91 Å². The number of carbonyl (C=O) groups excluding carboxylic acids is 1. The van der Waals surface area contributed by atoms with Gasteiger partial charge in [-0.05, 0) is 31.5 Å². The van der Waals surface area contributed by atoms with E-state index in [1.807, 2.05) is 11.8 Å². The molecule has 1 amide bonds. The van der Waals surface area contributed by atoms with Crippen LogP contribution in [0, 0.1) is 5.82 Å². The number of halogens is 2. The maximum absolute atomic E-state index is 13.8. The van der Waals surface area contributed by atoms with Crippen LogP contribution < -0.4 is 16.0 Å². The third-order valence-corrected chi connectivity index (χ3v) is 3.80. The second kappa shape index (κ2) is 8.47. The molecule has 3 N–H and O–H groups in total. The number of hydrogen-bond donors (Lipinski definition) is 2. The van der Waals surface area contributed by atoms with E-state index in [0.29, 0.717) is 38.4 Å². The molecule has 0 saturated carbocycles. The minimum absolute atomic E-state index is 0. The first kappa shape index (κ1) is 19.7. The molecule has 1 aliphatic rings. The molecule has 5 nitrogen and oxygen atoms in total. The first-order valence-electron chi connectivity index (χ1n) is 7.66. The van der Waals surface area contributed by atoms with Gasteiger partial charge in [-0.25, -0.2) is 4.39 Å². The zero-order valence-corrected chi connectivity index (χ0v) is 14.4. The van der Waals surface area contributed by atoms with Gasteiger partial charge >= 0.3 is 0 Å². The number of ether oxygens (including phenoxy) is 1. The number of anilines is 2. The highest BCUT2D eigenvalue weighted by Gasteiger charge is 2.27. The minimum atomic E-state index is -0.958. The first-order valence-corrected chi connectivity index (χ1v) is 7.66. The van der Waals surface area contributed by atoms with Gasteiger partial charge in [-0.2, -0.15) is 0 Å². The molecule has 23 heavy (non-hydrogen) atoms. The SMILES string of the molecule is CCCC(C)(N)C(=O)Nc1cc(F)cc(N2CCOCC2)c1.Cl. The van der Waals surface area contributed by atoms with E-state index in [0.717, 1.165) is 12.1 Å². The van der Waals surface area contributed by atoms with Gasteiger partial charge in [-0.3, -0.25) is 4.79 Å². The van der Waals surface area contributed by atoms with Crippen molar-refractivity contribution in [1.82, 2.24) is 0 Å². The van der Waals surface area contributed by atoms with E-state index in [9.17, 15) is 9.18 Å². The van der Waals surface area contributed by atoms with Gasteiger partial charge < -0.3 is 20.7 Å². The number of morpholine rings is 1. The molecule has 1 aromatic rings. The summed E-state index contributed by atoms with van der Waals surface area (Å²) < 4.78 is 19.1. The van der Waals surface area contributed by atoms with Crippen LogP contribution in [0.5, 0.6) is 0 Å². The van der Waals surface area contributed by atoms with Crippen molar-refractivity contribution in [2.75, 3.05) is 36.5 Å². The standard InChI is InChI=1S/C16H24FN3O2.ClH/c1-3-4-16(2,18)15(21)19-13-9-12(17)10-14(11-13)20-5-7-22-8-6-20;/h9-11H,3-8,18H2,1-2H3,(H,19,21);1H. The second-order valence-electron chi connectivity index (χ2n) is 5.92. The lowest BCUT2D eigenvalue weighted by atomic mass is 9.96. The van der Waals surface area contributed by atoms with Crippen LogP contribution >= 0.6 is 12.4 Å². The van der Waals surface area contributed by atoms with E-state index in [4.69, 9.17) is 10.5 Å². The average molecular weight is 346 g/mol. The Balaban J connectivity index is 0.00000264. The van der Waals surface area contributed by atoms with E-state index in [-0.39, 0.29) is 24.1 Å². The summed E-state index contributed by atoms with van der Waals surface area (Å²) >= 11 is 0. The van der Waals surface area contributed by atoms with Crippen LogP contribution in [0.15, 0.2) is 18.2 Å². The number of carbonyl (C=O) groups is 1. The molecule has 0 radical (unpaired) electrons. The number of nitrogens with one attached hydrogen (secondary N) is 1. The van der Waals surface area contributed by atoms with E-state index in [1.54, 1.807) is 13.0 Å². The molecule has 1 saturated heterocycles. The third-order valence-electron chi connectivity index (χ3n) is 3.80. The molecule has 2 rings (SSSR count). The minimum Gasteiger partial charge on any atom is -0.378 e. The Kier molecular flexibility index (Phi) is 7.25. The number of amides is 1. The fraction of sp³-hybridized carbons (Fsp3) is 0.562. The molecule has 0 bridgehead atoms. The zero-order valence-electron chi connectivity index (χ0n) is 13.6. The number of nitrogens with zero attached hydrogens (tertiary/aromatic N) is 1. The van der Waals surface area contributed by atoms with Crippen molar-refractivity contribution < 1.29 is 13.9 Å². The molecule has 1 aromatic carbocycles. The number of benzene rings is 1. The summed E-state index contributed by atoms with van der Waals surface area (Å²) in [6.45, 7) is 6.32. The Morgan fingerprint density at radius 2 is 2.04 bits per heavy atom. The molecule has 1 unspecified atom stereocenters. The Hall–Kier alpha value is -1.37. The van der Waals surface area contributed by atoms with Gasteiger partial charge in [-0.15, -0.1) is 12.4 Å². The van der Waals surface area contributed by atoms with Crippen LogP contribution in [0.1, 0.15) is 26.7 Å². The summed E-state index contributed by atoms with van der Waals surface area (Å²) in [6, 6.07) is 4.55. The van der Waals surface area contributed by atoms with Gasteiger partial charge in [0.25, 0.3) is 0 Å². The van der Waals surface area contributed by atoms with Crippen molar-refractivity contribution >= 4 is 29.7 Å². The largest absolute Gasteiger partial charge is 0.378 e. The summed E-state index contributed by atoms with van der Waals surface area (Å²) in [4.78, 5) is 14.3. The molecule has 1 aliphatic heterocycles. The summed E-state index contributed by atoms with van der Waals surface area (Å²) in [5, 5.41) is 2.73. The van der Waals surface area contributed by atoms with Gasteiger partial charge in [0.15, 0.2) is 0 Å². The normalized spacial score (nSPS) is 17.1. The first-order chi connectivity index (χ1) is 10.4. The molecule has 1 atom stereocenters. The summed E-state index contributed by atoms with van der Waals surface area (Å²) in [6.07, 6.45) is 1.38. The topological polar surface area (TPSA) is 67.6 Å². The molecular formula is C16H25ClFN3O2. The van der Waals surface area contributed by atoms with Crippen LogP contribution in [-0.2, 0) is 9.53 Å². The fourth-order valence-electron chi connectivity index (χ4n) is 2.56. The Bertz CT molecular complexity index is 534. The lowest BCUT2D eigenvalue weighted by Gasteiger charge is -2.29. The number of nitrogens with two attached hydrogens (primary N) is 1. The van der Waals surface area contributed by atoms with Crippen molar-refractivity contribution in [3.63, 3.8) is 0 Å². The Labute approximate surface area is 142 Å². The molecule has 130 valence electrons. The predicted octanol–water partition coefficient (Wildman–Crippen LogP) is 2.54.